The van der Waals surface area contributed by atoms with E-state index in [4.69, 9.17) is 5.73 Å². The molecule has 122 valence electrons. The van der Waals surface area contributed by atoms with Crippen LogP contribution in [0.1, 0.15) is 42.1 Å². The second-order valence-electron chi connectivity index (χ2n) is 5.63. The topological polar surface area (TPSA) is 75.4 Å². The van der Waals surface area contributed by atoms with Crippen LogP contribution in [0.2, 0.25) is 0 Å². The molecule has 2 amide bonds. The van der Waals surface area contributed by atoms with E-state index >= 15 is 0 Å². The summed E-state index contributed by atoms with van der Waals surface area (Å²) in [5, 5.41) is 2.73. The van der Waals surface area contributed by atoms with E-state index in [1.807, 2.05) is 17.9 Å². The first kappa shape index (κ1) is 18.5. The molecule has 1 atom stereocenters. The van der Waals surface area contributed by atoms with Crippen molar-refractivity contribution in [3.8, 4) is 0 Å². The first-order chi connectivity index (χ1) is 10.0. The normalized spacial score (nSPS) is 17.6. The average Bonchev–Trinajstić information content (AvgIpc) is 2.49. The van der Waals surface area contributed by atoms with E-state index in [2.05, 4.69) is 12.2 Å². The lowest BCUT2D eigenvalue weighted by Crippen LogP contribution is -2.42. The minimum absolute atomic E-state index is 0. The van der Waals surface area contributed by atoms with E-state index in [9.17, 15) is 9.59 Å². The molecule has 1 unspecified atom stereocenters. The zero-order valence-electron chi connectivity index (χ0n) is 13.1. The van der Waals surface area contributed by atoms with Crippen molar-refractivity contribution in [1.82, 2.24) is 4.90 Å². The van der Waals surface area contributed by atoms with E-state index in [0.29, 0.717) is 17.3 Å². The number of halogens is 1. The molecule has 0 spiro atoms. The summed E-state index contributed by atoms with van der Waals surface area (Å²) in [6.45, 7) is 4.75. The molecule has 1 saturated heterocycles. The maximum atomic E-state index is 12.6. The third-order valence-corrected chi connectivity index (χ3v) is 4.00. The molecule has 1 aliphatic rings. The van der Waals surface area contributed by atoms with Crippen molar-refractivity contribution in [3.63, 3.8) is 0 Å². The zero-order chi connectivity index (χ0) is 15.4. The molecule has 0 saturated carbocycles. The first-order valence-electron chi connectivity index (χ1n) is 7.44. The highest BCUT2D eigenvalue weighted by Crippen LogP contribution is 2.22. The zero-order valence-corrected chi connectivity index (χ0v) is 13.9. The lowest BCUT2D eigenvalue weighted by Gasteiger charge is -2.33. The predicted molar refractivity (Wildman–Crippen MR) is 90.5 cm³/mol. The van der Waals surface area contributed by atoms with Crippen LogP contribution in [-0.2, 0) is 4.79 Å². The number of hydrogen-bond donors (Lipinski definition) is 2. The smallest absolute Gasteiger partial charge is 0.254 e. The van der Waals surface area contributed by atoms with Gasteiger partial charge in [-0.2, -0.15) is 0 Å². The Labute approximate surface area is 137 Å². The summed E-state index contributed by atoms with van der Waals surface area (Å²) >= 11 is 0. The molecule has 0 bridgehead atoms. The van der Waals surface area contributed by atoms with E-state index in [1.54, 1.807) is 12.1 Å². The maximum Gasteiger partial charge on any atom is 0.254 e. The fourth-order valence-electron chi connectivity index (χ4n) is 2.70. The Balaban J connectivity index is 0.00000242. The predicted octanol–water partition coefficient (Wildman–Crippen LogP) is 2.33. The van der Waals surface area contributed by atoms with Gasteiger partial charge in [-0.25, -0.2) is 0 Å². The van der Waals surface area contributed by atoms with E-state index in [0.717, 1.165) is 24.9 Å². The summed E-state index contributed by atoms with van der Waals surface area (Å²) in [6, 6.07) is 5.66. The number of aryl methyl sites for hydroxylation is 1. The van der Waals surface area contributed by atoms with Gasteiger partial charge < -0.3 is 16.0 Å². The Hall–Kier alpha value is -1.59. The molecular formula is C16H24ClN3O2. The number of anilines is 1. The highest BCUT2D eigenvalue weighted by Gasteiger charge is 2.24. The number of amides is 2. The number of benzene rings is 1. The van der Waals surface area contributed by atoms with Crippen molar-refractivity contribution in [2.45, 2.75) is 39.2 Å². The van der Waals surface area contributed by atoms with Crippen molar-refractivity contribution in [2.24, 2.45) is 5.73 Å². The summed E-state index contributed by atoms with van der Waals surface area (Å²) < 4.78 is 0. The number of carbonyl (C=O) groups is 2. The second kappa shape index (κ2) is 8.15. The molecule has 1 aliphatic heterocycles. The number of rotatable bonds is 3. The molecule has 0 aliphatic carbocycles. The van der Waals surface area contributed by atoms with Crippen molar-refractivity contribution in [1.29, 1.82) is 0 Å². The molecule has 0 aromatic heterocycles. The highest BCUT2D eigenvalue weighted by atomic mass is 35.5. The summed E-state index contributed by atoms with van der Waals surface area (Å²) in [7, 11) is 0. The fourth-order valence-corrected chi connectivity index (χ4v) is 2.70. The summed E-state index contributed by atoms with van der Waals surface area (Å²) in [4.78, 5) is 25.8. The standard InChI is InChI=1S/C16H23N3O2.ClH/c1-11-9-13(6-7-14(11)18-15(20)10-17)16(21)19-8-4-3-5-12(19)2;/h6-7,9,12H,3-5,8,10,17H2,1-2H3,(H,18,20);1H. The second-order valence-corrected chi connectivity index (χ2v) is 5.63. The van der Waals surface area contributed by atoms with E-state index in [-0.39, 0.29) is 30.8 Å². The quantitative estimate of drug-likeness (QED) is 0.895. The van der Waals surface area contributed by atoms with E-state index in [1.165, 1.54) is 6.42 Å². The van der Waals surface area contributed by atoms with Crippen LogP contribution in [0.15, 0.2) is 18.2 Å². The van der Waals surface area contributed by atoms with Crippen LogP contribution in [0, 0.1) is 6.92 Å². The number of nitrogens with one attached hydrogen (secondary N) is 1. The van der Waals surface area contributed by atoms with Gasteiger partial charge in [0.05, 0.1) is 6.54 Å². The van der Waals surface area contributed by atoms with E-state index < -0.39 is 0 Å². The van der Waals surface area contributed by atoms with Crippen LogP contribution in [0.5, 0.6) is 0 Å². The highest BCUT2D eigenvalue weighted by molar-refractivity contribution is 5.97. The minimum atomic E-state index is -0.234. The van der Waals surface area contributed by atoms with Gasteiger partial charge in [-0.3, -0.25) is 9.59 Å². The van der Waals surface area contributed by atoms with Crippen molar-refractivity contribution in [3.05, 3.63) is 29.3 Å². The van der Waals surface area contributed by atoms with Crippen LogP contribution in [-0.4, -0.2) is 35.8 Å². The van der Waals surface area contributed by atoms with Gasteiger partial charge in [-0.1, -0.05) is 0 Å². The molecule has 0 radical (unpaired) electrons. The lowest BCUT2D eigenvalue weighted by molar-refractivity contribution is -0.114. The van der Waals surface area contributed by atoms with Gasteiger partial charge in [-0.15, -0.1) is 12.4 Å². The molecule has 2 rings (SSSR count). The van der Waals surface area contributed by atoms with Gasteiger partial charge in [0.2, 0.25) is 5.91 Å². The lowest BCUT2D eigenvalue weighted by atomic mass is 10.0. The summed E-state index contributed by atoms with van der Waals surface area (Å²) in [5.74, 6) is -0.163. The minimum Gasteiger partial charge on any atom is -0.336 e. The SMILES string of the molecule is Cc1cc(C(=O)N2CCCCC2C)ccc1NC(=O)CN.Cl. The summed E-state index contributed by atoms with van der Waals surface area (Å²) in [6.07, 6.45) is 3.32. The fraction of sp³-hybridized carbons (Fsp3) is 0.500. The Kier molecular flexibility index (Phi) is 6.84. The van der Waals surface area contributed by atoms with Gasteiger partial charge in [0.25, 0.3) is 5.91 Å². The number of likely N-dealkylation sites (tertiary alicyclic amines) is 1. The molecule has 1 aromatic carbocycles. The van der Waals surface area contributed by atoms with Gasteiger partial charge in [0.1, 0.15) is 0 Å². The Morgan fingerprint density at radius 3 is 2.68 bits per heavy atom. The maximum absolute atomic E-state index is 12.6. The first-order valence-corrected chi connectivity index (χ1v) is 7.44. The molecular weight excluding hydrogens is 302 g/mol. The molecule has 1 aromatic rings. The van der Waals surface area contributed by atoms with Gasteiger partial charge in [-0.05, 0) is 56.9 Å². The summed E-state index contributed by atoms with van der Waals surface area (Å²) in [5.41, 5.74) is 7.53. The monoisotopic (exact) mass is 325 g/mol. The van der Waals surface area contributed by atoms with Gasteiger partial charge in [0, 0.05) is 23.8 Å². The van der Waals surface area contributed by atoms with Gasteiger partial charge in [0.15, 0.2) is 0 Å². The number of nitrogens with zero attached hydrogens (tertiary/aromatic N) is 1. The molecule has 5 nitrogen and oxygen atoms in total. The van der Waals surface area contributed by atoms with Crippen molar-refractivity contribution < 1.29 is 9.59 Å². The van der Waals surface area contributed by atoms with Crippen molar-refractivity contribution in [2.75, 3.05) is 18.4 Å². The number of hydrogen-bond acceptors (Lipinski definition) is 3. The number of piperidine rings is 1. The Morgan fingerprint density at radius 2 is 2.09 bits per heavy atom. The Bertz CT molecular complexity index is 548. The van der Waals surface area contributed by atoms with Crippen LogP contribution in [0.3, 0.4) is 0 Å². The van der Waals surface area contributed by atoms with Crippen molar-refractivity contribution >= 4 is 29.9 Å². The van der Waals surface area contributed by atoms with Gasteiger partial charge >= 0.3 is 0 Å². The van der Waals surface area contributed by atoms with Crippen LogP contribution in [0.4, 0.5) is 5.69 Å². The van der Waals surface area contributed by atoms with Crippen LogP contribution < -0.4 is 11.1 Å². The molecule has 6 heteroatoms. The third kappa shape index (κ3) is 4.21. The number of nitrogens with two attached hydrogens (primary N) is 1. The number of carbonyl (C=O) groups excluding carboxylic acids is 2. The molecule has 22 heavy (non-hydrogen) atoms. The molecule has 1 fully saturated rings. The average molecular weight is 326 g/mol. The largest absolute Gasteiger partial charge is 0.336 e. The molecule has 1 heterocycles. The third-order valence-electron chi connectivity index (χ3n) is 4.00. The van der Waals surface area contributed by atoms with Crippen LogP contribution >= 0.6 is 12.4 Å². The van der Waals surface area contributed by atoms with Crippen LogP contribution in [0.25, 0.3) is 0 Å². The molecule has 3 N–H and O–H groups in total. The Morgan fingerprint density at radius 1 is 1.36 bits per heavy atom.